The van der Waals surface area contributed by atoms with E-state index in [-0.39, 0.29) is 4.90 Å². The van der Waals surface area contributed by atoms with Gasteiger partial charge in [0.1, 0.15) is 0 Å². The average Bonchev–Trinajstić information content (AvgIpc) is 1.94. The van der Waals surface area contributed by atoms with Crippen LogP contribution in [0.25, 0.3) is 0 Å². The maximum atomic E-state index is 11.0. The van der Waals surface area contributed by atoms with Crippen LogP contribution in [0.5, 0.6) is 0 Å². The molecule has 0 saturated heterocycles. The quantitative estimate of drug-likeness (QED) is 0.610. The molecule has 0 aromatic heterocycles. The van der Waals surface area contributed by atoms with Gasteiger partial charge in [-0.25, -0.2) is 8.42 Å². The number of hydrogen-bond donors (Lipinski definition) is 1. The van der Waals surface area contributed by atoms with Gasteiger partial charge < -0.3 is 0 Å². The summed E-state index contributed by atoms with van der Waals surface area (Å²) in [6.07, 6.45) is 0. The highest BCUT2D eigenvalue weighted by molar-refractivity contribution is 9.13. The summed E-state index contributed by atoms with van der Waals surface area (Å²) in [6, 6.07) is 2.96. The lowest BCUT2D eigenvalue weighted by atomic mass is 10.4. The van der Waals surface area contributed by atoms with Crippen molar-refractivity contribution in [2.75, 3.05) is 0 Å². The Hall–Kier alpha value is 0.770. The van der Waals surface area contributed by atoms with Crippen molar-refractivity contribution < 1.29 is 8.42 Å². The van der Waals surface area contributed by atoms with Crippen LogP contribution in [0.3, 0.4) is 0 Å². The molecule has 0 spiro atoms. The largest absolute Gasteiger partial charge is 0.262 e. The lowest BCUT2D eigenvalue weighted by Crippen LogP contribution is -1.92. The minimum atomic E-state index is -3.73. The summed E-state index contributed by atoms with van der Waals surface area (Å²) in [5, 5.41) is 0. The predicted octanol–water partition coefficient (Wildman–Crippen LogP) is 3.43. The zero-order valence-electron chi connectivity index (χ0n) is 5.96. The first-order valence-corrected chi connectivity index (χ1v) is 7.29. The van der Waals surface area contributed by atoms with Gasteiger partial charge in [-0.05, 0) is 44.0 Å². The summed E-state index contributed by atoms with van der Waals surface area (Å²) < 4.78 is 23.3. The Morgan fingerprint density at radius 1 is 1.23 bits per heavy atom. The lowest BCUT2D eigenvalue weighted by molar-refractivity contribution is 0.607. The number of thiol groups is 1. The van der Waals surface area contributed by atoms with E-state index < -0.39 is 9.05 Å². The number of hydrogen-bond acceptors (Lipinski definition) is 3. The molecule has 0 saturated carbocycles. The molecule has 0 aliphatic carbocycles. The topological polar surface area (TPSA) is 34.1 Å². The van der Waals surface area contributed by atoms with E-state index in [2.05, 4.69) is 44.5 Å². The fraction of sp³-hybridized carbons (Fsp3) is 0. The van der Waals surface area contributed by atoms with Gasteiger partial charge in [-0.1, -0.05) is 0 Å². The first-order valence-electron chi connectivity index (χ1n) is 2.95. The van der Waals surface area contributed by atoms with Gasteiger partial charge in [0.25, 0.3) is 9.05 Å². The second kappa shape index (κ2) is 4.10. The average molecular weight is 366 g/mol. The molecule has 0 aliphatic heterocycles. The molecule has 1 rings (SSSR count). The van der Waals surface area contributed by atoms with E-state index in [1.807, 2.05) is 0 Å². The van der Waals surface area contributed by atoms with Crippen LogP contribution in [0.15, 0.2) is 30.9 Å². The molecule has 7 heteroatoms. The molecule has 1 aromatic carbocycles. The van der Waals surface area contributed by atoms with Gasteiger partial charge in [-0.15, -0.1) is 12.6 Å². The van der Waals surface area contributed by atoms with E-state index in [0.717, 1.165) is 4.47 Å². The van der Waals surface area contributed by atoms with E-state index in [1.165, 1.54) is 6.07 Å². The first-order chi connectivity index (χ1) is 5.82. The van der Waals surface area contributed by atoms with E-state index in [0.29, 0.717) is 9.37 Å². The Kier molecular flexibility index (Phi) is 3.74. The van der Waals surface area contributed by atoms with E-state index in [9.17, 15) is 8.42 Å². The van der Waals surface area contributed by atoms with Crippen LogP contribution in [0, 0.1) is 0 Å². The van der Waals surface area contributed by atoms with Gasteiger partial charge in [-0.3, -0.25) is 0 Å². The predicted molar refractivity (Wildman–Crippen MR) is 62.1 cm³/mol. The Labute approximate surface area is 103 Å². The van der Waals surface area contributed by atoms with Gasteiger partial charge in [0, 0.05) is 24.5 Å². The number of halogens is 3. The maximum absolute atomic E-state index is 11.0. The normalized spacial score (nSPS) is 11.7. The Bertz CT molecular complexity index is 444. The molecular weight excluding hydrogens is 363 g/mol. The van der Waals surface area contributed by atoms with Crippen molar-refractivity contribution in [1.29, 1.82) is 0 Å². The molecule has 0 heterocycles. The molecule has 2 nitrogen and oxygen atoms in total. The van der Waals surface area contributed by atoms with Crippen molar-refractivity contribution >= 4 is 64.2 Å². The van der Waals surface area contributed by atoms with Gasteiger partial charge in [0.05, 0.1) is 4.90 Å². The first kappa shape index (κ1) is 11.8. The minimum absolute atomic E-state index is 0.00687. The summed E-state index contributed by atoms with van der Waals surface area (Å²) in [6.45, 7) is 0. The zero-order valence-corrected chi connectivity index (χ0v) is 11.6. The summed E-state index contributed by atoms with van der Waals surface area (Å²) in [7, 11) is 1.45. The van der Waals surface area contributed by atoms with E-state index >= 15 is 0 Å². The van der Waals surface area contributed by atoms with Crippen molar-refractivity contribution in [2.45, 2.75) is 9.79 Å². The Morgan fingerprint density at radius 2 is 1.69 bits per heavy atom. The molecule has 0 amide bonds. The smallest absolute Gasteiger partial charge is 0.207 e. The van der Waals surface area contributed by atoms with Crippen molar-refractivity contribution in [3.63, 3.8) is 0 Å². The summed E-state index contributed by atoms with van der Waals surface area (Å²) in [4.78, 5) is 0.303. The second-order valence-electron chi connectivity index (χ2n) is 2.17. The molecular formula is C6H3Br2ClO2S2. The highest BCUT2D eigenvalue weighted by Crippen LogP contribution is 2.32. The van der Waals surface area contributed by atoms with Crippen LogP contribution < -0.4 is 0 Å². The minimum Gasteiger partial charge on any atom is -0.207 e. The van der Waals surface area contributed by atoms with Crippen LogP contribution in [-0.2, 0) is 9.05 Å². The maximum Gasteiger partial charge on any atom is 0.262 e. The highest BCUT2D eigenvalue weighted by Gasteiger charge is 2.15. The molecule has 0 N–H and O–H groups in total. The molecule has 0 aliphatic rings. The molecule has 0 atom stereocenters. The van der Waals surface area contributed by atoms with E-state index in [4.69, 9.17) is 10.7 Å². The molecule has 0 unspecified atom stereocenters. The summed E-state index contributed by atoms with van der Waals surface area (Å²) in [5.41, 5.74) is 0. The molecule has 1 aromatic rings. The lowest BCUT2D eigenvalue weighted by Gasteiger charge is -2.03. The van der Waals surface area contributed by atoms with Gasteiger partial charge in [0.2, 0.25) is 0 Å². The van der Waals surface area contributed by atoms with Crippen molar-refractivity contribution in [3.05, 3.63) is 21.1 Å². The third-order valence-corrected chi connectivity index (χ3v) is 4.99. The summed E-state index contributed by atoms with van der Waals surface area (Å²) >= 11 is 10.4. The van der Waals surface area contributed by atoms with Crippen LogP contribution >= 0.6 is 55.2 Å². The van der Waals surface area contributed by atoms with Crippen molar-refractivity contribution in [1.82, 2.24) is 0 Å². The third kappa shape index (κ3) is 2.86. The molecule has 72 valence electrons. The SMILES string of the molecule is O=S(=O)(Cl)c1cc(Br)c(Br)cc1S. The van der Waals surface area contributed by atoms with Crippen LogP contribution in [0.4, 0.5) is 0 Å². The second-order valence-corrected chi connectivity index (χ2v) is 6.90. The monoisotopic (exact) mass is 364 g/mol. The van der Waals surface area contributed by atoms with Gasteiger partial charge in [0.15, 0.2) is 0 Å². The van der Waals surface area contributed by atoms with Crippen LogP contribution in [0.2, 0.25) is 0 Å². The number of rotatable bonds is 1. The molecule has 0 fully saturated rings. The van der Waals surface area contributed by atoms with Crippen molar-refractivity contribution in [2.24, 2.45) is 0 Å². The Balaban J connectivity index is 3.50. The molecule has 13 heavy (non-hydrogen) atoms. The number of benzene rings is 1. The van der Waals surface area contributed by atoms with Gasteiger partial charge in [-0.2, -0.15) is 0 Å². The molecule has 0 radical (unpaired) electrons. The zero-order chi connectivity index (χ0) is 10.2. The standard InChI is InChI=1S/C6H3Br2ClO2S2/c7-3-1-5(12)6(2-4(3)8)13(9,10)11/h1-2,12H. The van der Waals surface area contributed by atoms with Crippen LogP contribution in [0.1, 0.15) is 0 Å². The highest BCUT2D eigenvalue weighted by atomic mass is 79.9. The third-order valence-electron chi connectivity index (χ3n) is 1.26. The fourth-order valence-corrected chi connectivity index (χ4v) is 3.39. The van der Waals surface area contributed by atoms with Crippen molar-refractivity contribution in [3.8, 4) is 0 Å². The fourth-order valence-electron chi connectivity index (χ4n) is 0.713. The van der Waals surface area contributed by atoms with E-state index in [1.54, 1.807) is 6.07 Å². The van der Waals surface area contributed by atoms with Crippen LogP contribution in [-0.4, -0.2) is 8.42 Å². The Morgan fingerprint density at radius 3 is 2.15 bits per heavy atom. The summed E-state index contributed by atoms with van der Waals surface area (Å²) in [5.74, 6) is 0. The molecule has 0 bridgehead atoms. The van der Waals surface area contributed by atoms with Gasteiger partial charge >= 0.3 is 0 Å².